The summed E-state index contributed by atoms with van der Waals surface area (Å²) in [5.74, 6) is 0.618. The van der Waals surface area contributed by atoms with Crippen molar-refractivity contribution in [3.63, 3.8) is 0 Å². The van der Waals surface area contributed by atoms with E-state index in [0.717, 1.165) is 43.7 Å². The van der Waals surface area contributed by atoms with Gasteiger partial charge in [-0.3, -0.25) is 19.1 Å². The standard InChI is InChI=1S/C24H29N3O4/c28-20-5-1-4-17(12-20)14-25-15-18-13-19(16-25)23(27-21(18)6-2-7-22(27)29)24(30)26-8-3-10-31-11-9-26/h1-2,4-7,12,18-19,23,28H,3,8-11,13-16H2/t18-,19+,23-/m1/s1. The lowest BCUT2D eigenvalue weighted by molar-refractivity contribution is -0.138. The molecule has 31 heavy (non-hydrogen) atoms. The summed E-state index contributed by atoms with van der Waals surface area (Å²) in [6, 6.07) is 12.3. The molecule has 0 aliphatic carbocycles. The van der Waals surface area contributed by atoms with Crippen LogP contribution < -0.4 is 5.56 Å². The Hall–Kier alpha value is -2.64. The largest absolute Gasteiger partial charge is 0.508 e. The maximum absolute atomic E-state index is 13.7. The molecule has 164 valence electrons. The van der Waals surface area contributed by atoms with Gasteiger partial charge in [-0.25, -0.2) is 0 Å². The van der Waals surface area contributed by atoms with Crippen LogP contribution in [0.2, 0.25) is 0 Å². The smallest absolute Gasteiger partial charge is 0.251 e. The fraction of sp³-hybridized carbons (Fsp3) is 0.500. The first kappa shape index (κ1) is 20.3. The minimum atomic E-state index is -0.468. The fourth-order valence-electron chi connectivity index (χ4n) is 5.54. The molecule has 7 nitrogen and oxygen atoms in total. The summed E-state index contributed by atoms with van der Waals surface area (Å²) in [6.45, 7) is 4.80. The van der Waals surface area contributed by atoms with E-state index in [1.807, 2.05) is 29.2 Å². The highest BCUT2D eigenvalue weighted by molar-refractivity contribution is 5.81. The van der Waals surface area contributed by atoms with Crippen molar-refractivity contribution in [3.05, 3.63) is 64.1 Å². The van der Waals surface area contributed by atoms with Crippen molar-refractivity contribution in [2.24, 2.45) is 5.92 Å². The van der Waals surface area contributed by atoms with Gasteiger partial charge in [-0.1, -0.05) is 18.2 Å². The lowest BCUT2D eigenvalue weighted by atomic mass is 9.77. The van der Waals surface area contributed by atoms with Crippen molar-refractivity contribution in [2.75, 3.05) is 39.4 Å². The molecule has 4 heterocycles. The zero-order valence-corrected chi connectivity index (χ0v) is 17.7. The molecule has 2 aromatic rings. The molecule has 1 N–H and O–H groups in total. The minimum Gasteiger partial charge on any atom is -0.508 e. The van der Waals surface area contributed by atoms with Gasteiger partial charge in [-0.05, 0) is 36.6 Å². The molecule has 1 amide bonds. The third-order valence-corrected chi connectivity index (χ3v) is 6.83. The number of rotatable bonds is 3. The Bertz CT molecular complexity index is 1010. The number of nitrogens with zero attached hydrogens (tertiary/aromatic N) is 3. The lowest BCUT2D eigenvalue weighted by Crippen LogP contribution is -2.54. The van der Waals surface area contributed by atoms with E-state index in [1.54, 1.807) is 22.8 Å². The van der Waals surface area contributed by atoms with Crippen molar-refractivity contribution in [2.45, 2.75) is 31.3 Å². The Labute approximate surface area is 181 Å². The second kappa shape index (κ2) is 8.48. The van der Waals surface area contributed by atoms with Gasteiger partial charge in [0, 0.05) is 62.9 Å². The van der Waals surface area contributed by atoms with E-state index in [9.17, 15) is 14.7 Å². The third kappa shape index (κ3) is 4.00. The Balaban J connectivity index is 1.47. The molecule has 1 aromatic heterocycles. The number of phenols is 1. The number of likely N-dealkylation sites (tertiary alicyclic amines) is 1. The van der Waals surface area contributed by atoms with Crippen LogP contribution in [0.3, 0.4) is 0 Å². The highest BCUT2D eigenvalue weighted by atomic mass is 16.5. The number of benzene rings is 1. The number of hydrogen-bond acceptors (Lipinski definition) is 5. The first-order valence-corrected chi connectivity index (χ1v) is 11.2. The van der Waals surface area contributed by atoms with Crippen LogP contribution in [0.15, 0.2) is 47.3 Å². The molecular formula is C24H29N3O4. The van der Waals surface area contributed by atoms with Gasteiger partial charge in [0.15, 0.2) is 0 Å². The number of pyridine rings is 1. The minimum absolute atomic E-state index is 0.0442. The van der Waals surface area contributed by atoms with E-state index in [0.29, 0.717) is 26.3 Å². The predicted molar refractivity (Wildman–Crippen MR) is 116 cm³/mol. The number of ether oxygens (including phenoxy) is 1. The Morgan fingerprint density at radius 3 is 2.84 bits per heavy atom. The fourth-order valence-corrected chi connectivity index (χ4v) is 5.54. The lowest BCUT2D eigenvalue weighted by Gasteiger charge is -2.47. The third-order valence-electron chi connectivity index (χ3n) is 6.83. The van der Waals surface area contributed by atoms with E-state index in [1.165, 1.54) is 0 Å². The van der Waals surface area contributed by atoms with Gasteiger partial charge in [-0.15, -0.1) is 0 Å². The van der Waals surface area contributed by atoms with Crippen LogP contribution in [0.25, 0.3) is 0 Å². The number of carbonyl (C=O) groups excluding carboxylic acids is 1. The zero-order chi connectivity index (χ0) is 21.4. The number of hydrogen-bond donors (Lipinski definition) is 1. The maximum Gasteiger partial charge on any atom is 0.251 e. The quantitative estimate of drug-likeness (QED) is 0.817. The molecule has 7 heteroatoms. The van der Waals surface area contributed by atoms with Crippen molar-refractivity contribution in [1.82, 2.24) is 14.4 Å². The van der Waals surface area contributed by atoms with Gasteiger partial charge in [0.05, 0.1) is 6.61 Å². The van der Waals surface area contributed by atoms with Gasteiger partial charge >= 0.3 is 0 Å². The number of aromatic nitrogens is 1. The van der Waals surface area contributed by atoms with E-state index in [4.69, 9.17) is 4.74 Å². The molecule has 2 bridgehead atoms. The van der Waals surface area contributed by atoms with Crippen LogP contribution in [0.1, 0.15) is 36.1 Å². The number of carbonyl (C=O) groups is 1. The normalized spacial score (nSPS) is 26.2. The highest BCUT2D eigenvalue weighted by Gasteiger charge is 2.44. The summed E-state index contributed by atoms with van der Waals surface area (Å²) in [7, 11) is 0. The zero-order valence-electron chi connectivity index (χ0n) is 17.7. The molecule has 0 unspecified atom stereocenters. The van der Waals surface area contributed by atoms with Gasteiger partial charge < -0.3 is 14.7 Å². The van der Waals surface area contributed by atoms with Gasteiger partial charge in [0.2, 0.25) is 5.91 Å². The first-order chi connectivity index (χ1) is 15.1. The summed E-state index contributed by atoms with van der Waals surface area (Å²) in [5.41, 5.74) is 1.94. The summed E-state index contributed by atoms with van der Waals surface area (Å²) in [6.07, 6.45) is 1.74. The van der Waals surface area contributed by atoms with E-state index < -0.39 is 6.04 Å². The van der Waals surface area contributed by atoms with Crippen molar-refractivity contribution < 1.29 is 14.6 Å². The monoisotopic (exact) mass is 423 g/mol. The molecule has 0 radical (unpaired) electrons. The molecule has 1 aromatic carbocycles. The van der Waals surface area contributed by atoms with Crippen LogP contribution in [0.5, 0.6) is 5.75 Å². The average Bonchev–Trinajstić information content (AvgIpc) is 3.04. The highest BCUT2D eigenvalue weighted by Crippen LogP contribution is 2.42. The number of piperidine rings is 1. The van der Waals surface area contributed by atoms with Gasteiger partial charge in [-0.2, -0.15) is 0 Å². The van der Waals surface area contributed by atoms with Crippen LogP contribution in [-0.2, 0) is 16.1 Å². The molecule has 0 saturated carbocycles. The predicted octanol–water partition coefficient (Wildman–Crippen LogP) is 1.96. The Kier molecular flexibility index (Phi) is 5.54. The summed E-state index contributed by atoms with van der Waals surface area (Å²) in [5, 5.41) is 9.83. The van der Waals surface area contributed by atoms with E-state index in [-0.39, 0.29) is 29.1 Å². The molecule has 2 saturated heterocycles. The summed E-state index contributed by atoms with van der Waals surface area (Å²) in [4.78, 5) is 30.8. The van der Waals surface area contributed by atoms with Crippen LogP contribution >= 0.6 is 0 Å². The Morgan fingerprint density at radius 1 is 1.10 bits per heavy atom. The molecule has 3 atom stereocenters. The summed E-state index contributed by atoms with van der Waals surface area (Å²) >= 11 is 0. The molecule has 3 aliphatic rings. The molecule has 3 aliphatic heterocycles. The SMILES string of the molecule is O=C([C@H]1[C@H]2C[C@H](CN(Cc3cccc(O)c3)C2)c2cccc(=O)n21)N1CCCOCC1. The van der Waals surface area contributed by atoms with E-state index >= 15 is 0 Å². The van der Waals surface area contributed by atoms with Crippen LogP contribution in [0, 0.1) is 5.92 Å². The van der Waals surface area contributed by atoms with Gasteiger partial charge in [0.25, 0.3) is 5.56 Å². The molecule has 2 fully saturated rings. The maximum atomic E-state index is 13.7. The Morgan fingerprint density at radius 2 is 1.97 bits per heavy atom. The topological polar surface area (TPSA) is 75.0 Å². The van der Waals surface area contributed by atoms with Crippen LogP contribution in [0.4, 0.5) is 0 Å². The number of fused-ring (bicyclic) bond motifs is 4. The number of phenolic OH excluding ortho intramolecular Hbond substituents is 1. The molecule has 5 rings (SSSR count). The van der Waals surface area contributed by atoms with Gasteiger partial charge in [0.1, 0.15) is 11.8 Å². The van der Waals surface area contributed by atoms with E-state index in [2.05, 4.69) is 4.90 Å². The van der Waals surface area contributed by atoms with Crippen molar-refractivity contribution in [1.29, 1.82) is 0 Å². The first-order valence-electron chi connectivity index (χ1n) is 11.2. The number of amides is 1. The molecular weight excluding hydrogens is 394 g/mol. The van der Waals surface area contributed by atoms with Crippen molar-refractivity contribution >= 4 is 5.91 Å². The van der Waals surface area contributed by atoms with Crippen molar-refractivity contribution in [3.8, 4) is 5.75 Å². The number of aromatic hydroxyl groups is 1. The average molecular weight is 424 g/mol. The second-order valence-electron chi connectivity index (χ2n) is 8.95. The molecule has 0 spiro atoms. The second-order valence-corrected chi connectivity index (χ2v) is 8.95. The summed E-state index contributed by atoms with van der Waals surface area (Å²) < 4.78 is 7.32. The van der Waals surface area contributed by atoms with Crippen LogP contribution in [-0.4, -0.2) is 64.8 Å².